The zero-order valence-electron chi connectivity index (χ0n) is 53.1. The number of hydrogen-bond acceptors (Lipinski definition) is 18. The number of ether oxygens (including phenoxy) is 3. The van der Waals surface area contributed by atoms with Crippen LogP contribution in [-0.2, 0) is 49.5 Å². The summed E-state index contributed by atoms with van der Waals surface area (Å²) in [5.41, 5.74) is 0.957. The summed E-state index contributed by atoms with van der Waals surface area (Å²) in [5, 5.41) is 48.3. The molecule has 8 rings (SSSR count). The molecule has 0 aliphatic carbocycles. The molecule has 3 aromatic carbocycles. The number of Topliss-reactive ketones (excluding diaryl/α,β-unsaturated/α-hetero) is 2. The number of aliphatic hydroxyl groups excluding tert-OH is 1. The number of likely N-dealkylation sites (tertiary alicyclic amines) is 1. The number of phenolic OH excluding ortho intramolecular Hbond substituents is 2. The van der Waals surface area contributed by atoms with E-state index in [0.717, 1.165) is 12.1 Å². The van der Waals surface area contributed by atoms with Gasteiger partial charge in [0, 0.05) is 86.3 Å². The standard InChI is InChI=1S/C68H89N7O14/c1-37(2)34-75-28-26-68(27-29-75)73-56-53-54-60(82)46(11)63-55(53)64(84)67(12,89-63)87-30-25-38(3)42(7)43(8)44(9)59(81)45(10)62(39(4)17-16-18-40(5)65(85)72-58(61(54)83)57(56)74-68)88-52(80)24-23-49(78)32-70-66(86)50(31-47-19-14-13-15-20-47)71-51(79)33-69-41(6)21-22-48(35-76)36-77/h13-20,25,30,35-39,42-45,48,50,59,62,69,73,81-83H,6,21-24,26-29,31-34H2,1-5,7-12H3,(H,70,86)(H,71,79)/b17-16+,30-25+,40-18-,72-58?/t38-,39-,42+,43+,44-,45-,50+,59-,62-,67-/m0/s1. The number of anilines is 1. The van der Waals surface area contributed by atoms with Crippen molar-refractivity contribution in [3.05, 3.63) is 106 Å². The largest absolute Gasteiger partial charge is 0.507 e. The Bertz CT molecular complexity index is 3420. The van der Waals surface area contributed by atoms with Gasteiger partial charge in [0.05, 0.1) is 54.4 Å². The zero-order valence-corrected chi connectivity index (χ0v) is 53.1. The van der Waals surface area contributed by atoms with Crippen LogP contribution in [0.1, 0.15) is 129 Å². The van der Waals surface area contributed by atoms with Crippen LogP contribution in [0.15, 0.2) is 88.7 Å². The van der Waals surface area contributed by atoms with Crippen molar-refractivity contribution in [1.82, 2.24) is 20.9 Å². The minimum absolute atomic E-state index is 0.0768. The molecule has 21 heteroatoms. The second-order valence-corrected chi connectivity index (χ2v) is 25.4. The van der Waals surface area contributed by atoms with E-state index in [1.807, 2.05) is 33.8 Å². The van der Waals surface area contributed by atoms with Crippen molar-refractivity contribution >= 4 is 64.3 Å². The SMILES string of the molecule is C=C(CCC(C=O)C=O)NCC(=O)N[C@H](Cc1ccccc1)C(=O)NCC(=O)CCC(=O)O[C@@H]1[C@@H](C)[C@@H](O)[C@@H](C)[C@H](C)[C@H](C)[C@@H](C)/C=C/O[C@@]2(C)Oc3c(C)c(O)c4c(O)c(c5c(c4c3C2=O)NC2(CCN(CC(C)C)CC2)N=5)=NC(=O)/C(C)=C\C=C\[C@@H]1C. The van der Waals surface area contributed by atoms with Gasteiger partial charge >= 0.3 is 11.8 Å². The van der Waals surface area contributed by atoms with Crippen molar-refractivity contribution in [1.29, 1.82) is 0 Å². The number of fused-ring (bicyclic) bond motifs is 13. The zero-order chi connectivity index (χ0) is 65.2. The predicted octanol–water partition coefficient (Wildman–Crippen LogP) is 6.72. The Morgan fingerprint density at radius 1 is 0.865 bits per heavy atom. The maximum atomic E-state index is 14.9. The number of nitrogens with zero attached hydrogens (tertiary/aromatic N) is 3. The number of aromatic hydroxyl groups is 2. The Balaban J connectivity index is 1.14. The van der Waals surface area contributed by atoms with Gasteiger partial charge in [-0.25, -0.2) is 4.99 Å². The molecule has 1 spiro atoms. The molecule has 10 atom stereocenters. The number of aliphatic hydroxyl groups is 1. The van der Waals surface area contributed by atoms with Crippen LogP contribution < -0.4 is 36.7 Å². The minimum Gasteiger partial charge on any atom is -0.507 e. The summed E-state index contributed by atoms with van der Waals surface area (Å²) in [6, 6.07) is 7.86. The van der Waals surface area contributed by atoms with E-state index in [2.05, 4.69) is 51.6 Å². The summed E-state index contributed by atoms with van der Waals surface area (Å²) in [6.07, 6.45) is 8.20. The Labute approximate surface area is 520 Å². The first-order valence-corrected chi connectivity index (χ1v) is 31.0. The van der Waals surface area contributed by atoms with Crippen LogP contribution in [-0.4, -0.2) is 130 Å². The molecule has 1 fully saturated rings. The molecule has 5 aliphatic heterocycles. The van der Waals surface area contributed by atoms with E-state index >= 15 is 0 Å². The van der Waals surface area contributed by atoms with E-state index in [4.69, 9.17) is 19.2 Å². The molecular formula is C68H89N7O14. The molecule has 0 saturated carbocycles. The molecule has 21 nitrogen and oxygen atoms in total. The molecule has 5 bridgehead atoms. The summed E-state index contributed by atoms with van der Waals surface area (Å²) in [4.78, 5) is 117. The molecule has 3 aromatic rings. The van der Waals surface area contributed by atoms with Gasteiger partial charge in [0.2, 0.25) is 11.8 Å². The van der Waals surface area contributed by atoms with Crippen LogP contribution in [0.4, 0.5) is 5.69 Å². The van der Waals surface area contributed by atoms with Crippen LogP contribution in [0.5, 0.6) is 17.2 Å². The highest BCUT2D eigenvalue weighted by Gasteiger charge is 2.51. The van der Waals surface area contributed by atoms with Crippen LogP contribution >= 0.6 is 0 Å². The van der Waals surface area contributed by atoms with Gasteiger partial charge in [-0.05, 0) is 67.9 Å². The van der Waals surface area contributed by atoms with Gasteiger partial charge in [0.1, 0.15) is 52.6 Å². The van der Waals surface area contributed by atoms with Gasteiger partial charge in [-0.2, -0.15) is 0 Å². The van der Waals surface area contributed by atoms with Crippen LogP contribution in [0.25, 0.3) is 10.8 Å². The fourth-order valence-electron chi connectivity index (χ4n) is 12.2. The van der Waals surface area contributed by atoms with Gasteiger partial charge in [-0.3, -0.25) is 33.8 Å². The van der Waals surface area contributed by atoms with E-state index < -0.39 is 95.0 Å². The van der Waals surface area contributed by atoms with E-state index in [1.54, 1.807) is 70.2 Å². The topological polar surface area (TPSA) is 301 Å². The van der Waals surface area contributed by atoms with Gasteiger partial charge in [-0.15, -0.1) is 0 Å². The smallest absolute Gasteiger partial charge is 0.312 e. The number of carbonyl (C=O) groups is 8. The number of amides is 3. The summed E-state index contributed by atoms with van der Waals surface area (Å²) >= 11 is 0. The number of nitrogens with one attached hydrogen (secondary N) is 4. The van der Waals surface area contributed by atoms with Crippen molar-refractivity contribution < 1.29 is 67.9 Å². The van der Waals surface area contributed by atoms with E-state index in [-0.39, 0.29) is 112 Å². The molecule has 89 heavy (non-hydrogen) atoms. The molecule has 3 amide bonds. The molecule has 0 unspecified atom stereocenters. The van der Waals surface area contributed by atoms with Crippen molar-refractivity contribution in [3.63, 3.8) is 0 Å². The molecule has 5 aliphatic rings. The third kappa shape index (κ3) is 16.1. The number of allylic oxidation sites excluding steroid dienone is 4. The number of phenols is 2. The second-order valence-electron chi connectivity index (χ2n) is 25.4. The molecule has 7 N–H and O–H groups in total. The Morgan fingerprint density at radius 2 is 1.55 bits per heavy atom. The average Bonchev–Trinajstić information content (AvgIpc) is 1.62. The molecule has 0 radical (unpaired) electrons. The van der Waals surface area contributed by atoms with Crippen molar-refractivity contribution in [3.8, 4) is 17.2 Å². The number of esters is 1. The number of aldehydes is 2. The summed E-state index contributed by atoms with van der Waals surface area (Å²) in [5.74, 6) is -8.87. The summed E-state index contributed by atoms with van der Waals surface area (Å²) in [6.45, 7) is 25.9. The van der Waals surface area contributed by atoms with Gasteiger partial charge in [0.25, 0.3) is 11.7 Å². The molecule has 480 valence electrons. The highest BCUT2D eigenvalue weighted by atomic mass is 16.7. The van der Waals surface area contributed by atoms with E-state index in [9.17, 15) is 53.7 Å². The van der Waals surface area contributed by atoms with Crippen LogP contribution in [0, 0.1) is 54.3 Å². The van der Waals surface area contributed by atoms with Crippen molar-refractivity contribution in [2.75, 3.05) is 38.0 Å². The lowest BCUT2D eigenvalue weighted by atomic mass is 9.72. The predicted molar refractivity (Wildman–Crippen MR) is 335 cm³/mol. The van der Waals surface area contributed by atoms with Gasteiger partial charge in [-0.1, -0.05) is 111 Å². The van der Waals surface area contributed by atoms with Crippen LogP contribution in [0.3, 0.4) is 0 Å². The first-order valence-electron chi connectivity index (χ1n) is 31.0. The molecular weight excluding hydrogens is 1140 g/mol. The second kappa shape index (κ2) is 29.5. The van der Waals surface area contributed by atoms with E-state index in [1.165, 1.54) is 19.3 Å². The number of carbonyl (C=O) groups excluding carboxylic acids is 8. The highest BCUT2D eigenvalue weighted by molar-refractivity contribution is 6.21. The number of hydrogen-bond donors (Lipinski definition) is 7. The minimum atomic E-state index is -1.90. The molecule has 5 heterocycles. The first-order chi connectivity index (χ1) is 42.1. The number of piperidine rings is 1. The molecule has 1 saturated heterocycles. The quantitative estimate of drug-likeness (QED) is 0.0267. The van der Waals surface area contributed by atoms with Gasteiger partial charge < -0.3 is 65.3 Å². The molecule has 0 aromatic heterocycles. The normalized spacial score (nSPS) is 26.1. The Morgan fingerprint density at radius 3 is 2.21 bits per heavy atom. The Kier molecular flexibility index (Phi) is 22.7. The first kappa shape index (κ1) is 68.5. The lowest BCUT2D eigenvalue weighted by Gasteiger charge is -2.38. The Hall–Kier alpha value is -8.04. The summed E-state index contributed by atoms with van der Waals surface area (Å²) in [7, 11) is 0. The van der Waals surface area contributed by atoms with E-state index in [0.29, 0.717) is 55.8 Å². The fourth-order valence-corrected chi connectivity index (χ4v) is 12.2. The summed E-state index contributed by atoms with van der Waals surface area (Å²) < 4.78 is 18.8. The fraction of sp³-hybridized carbons (Fsp3) is 0.529. The lowest BCUT2D eigenvalue weighted by molar-refractivity contribution is -0.158. The van der Waals surface area contributed by atoms with Crippen molar-refractivity contribution in [2.24, 2.45) is 57.3 Å². The third-order valence-electron chi connectivity index (χ3n) is 18.2. The maximum Gasteiger partial charge on any atom is 0.312 e. The van der Waals surface area contributed by atoms with Gasteiger partial charge in [0.15, 0.2) is 11.5 Å². The number of benzene rings is 3. The van der Waals surface area contributed by atoms with Crippen LogP contribution in [0.2, 0.25) is 0 Å². The van der Waals surface area contributed by atoms with Crippen molar-refractivity contribution in [2.45, 2.75) is 151 Å². The average molecular weight is 1230 g/mol. The maximum absolute atomic E-state index is 14.9. The monoisotopic (exact) mass is 1230 g/mol. The third-order valence-corrected chi connectivity index (χ3v) is 18.2. The highest BCUT2D eigenvalue weighted by Crippen LogP contribution is 2.51. The number of rotatable bonds is 20. The number of ketones is 2. The lowest BCUT2D eigenvalue weighted by Crippen LogP contribution is -2.50.